The molecule has 0 atom stereocenters. The van der Waals surface area contributed by atoms with Crippen molar-refractivity contribution in [2.75, 3.05) is 0 Å². The Labute approximate surface area is 309 Å². The highest BCUT2D eigenvalue weighted by Gasteiger charge is 2.53. The van der Waals surface area contributed by atoms with Crippen LogP contribution >= 0.6 is 0 Å². The first-order chi connectivity index (χ1) is 26.1. The average Bonchev–Trinajstić information content (AvgIpc) is 3.68. The zero-order chi connectivity index (χ0) is 35.3. The van der Waals surface area contributed by atoms with Gasteiger partial charge in [0.05, 0.1) is 22.2 Å². The van der Waals surface area contributed by atoms with E-state index in [0.717, 1.165) is 16.9 Å². The van der Waals surface area contributed by atoms with Crippen LogP contribution in [0.25, 0.3) is 66.6 Å². The molecule has 0 saturated heterocycles. The highest BCUT2D eigenvalue weighted by Crippen LogP contribution is 2.53. The Morgan fingerprint density at radius 1 is 0.528 bits per heavy atom. The molecule has 0 fully saturated rings. The molecule has 0 bridgehead atoms. The van der Waals surface area contributed by atoms with E-state index < -0.39 is 5.66 Å². The maximum absolute atomic E-state index is 5.19. The standard InChI is InChI=1S/C50H36N3/c1-49(2)42-23-13-12-21-40(42)46-38(22-14-24-43(46)49)35-25-26-44-41(31-35)39-27-29-51-47-45-32-34(33-15-6-3-7-16-33)28-30-52(45)50(53(44)48(39)47,36-17-8-4-9-18-36)37-19-10-5-11-20-37/h3-32H,1-2H3/q+1. The molecule has 0 radical (unpaired) electrons. The van der Waals surface area contributed by atoms with Gasteiger partial charge in [0.1, 0.15) is 0 Å². The molecule has 2 aliphatic rings. The van der Waals surface area contributed by atoms with Crippen LogP contribution in [0.15, 0.2) is 182 Å². The second-order valence-corrected chi connectivity index (χ2v) is 15.0. The van der Waals surface area contributed by atoms with Crippen molar-refractivity contribution < 1.29 is 4.57 Å². The van der Waals surface area contributed by atoms with Gasteiger partial charge in [-0.3, -0.25) is 4.57 Å². The Morgan fingerprint density at radius 3 is 1.94 bits per heavy atom. The Hall–Kier alpha value is -6.58. The van der Waals surface area contributed by atoms with E-state index in [4.69, 9.17) is 4.98 Å². The van der Waals surface area contributed by atoms with Crippen LogP contribution in [-0.2, 0) is 11.1 Å². The molecule has 250 valence electrons. The molecule has 0 amide bonds. The Morgan fingerprint density at radius 2 is 1.19 bits per heavy atom. The van der Waals surface area contributed by atoms with Gasteiger partial charge in [0, 0.05) is 34.5 Å². The van der Waals surface area contributed by atoms with Crippen LogP contribution < -0.4 is 4.57 Å². The van der Waals surface area contributed by atoms with E-state index in [-0.39, 0.29) is 5.41 Å². The fourth-order valence-corrected chi connectivity index (χ4v) is 9.58. The first-order valence-electron chi connectivity index (χ1n) is 18.5. The molecule has 3 heteroatoms. The maximum Gasteiger partial charge on any atom is 0.301 e. The molecule has 1 aliphatic carbocycles. The van der Waals surface area contributed by atoms with Gasteiger partial charge in [0.25, 0.3) is 0 Å². The van der Waals surface area contributed by atoms with Gasteiger partial charge in [0.2, 0.25) is 5.69 Å². The second-order valence-electron chi connectivity index (χ2n) is 15.0. The van der Waals surface area contributed by atoms with Crippen LogP contribution in [0.1, 0.15) is 36.1 Å². The SMILES string of the molecule is CC1(C)c2ccccc2-c2c(-c3ccc4c(c3)c3ccnc5c3n4C(c3ccccc3)(c3ccccc3)[n+]3ccc(-c4ccccc4)cc3-5)cccc21. The lowest BCUT2D eigenvalue weighted by atomic mass is 9.82. The number of fused-ring (bicyclic) bond motifs is 8. The van der Waals surface area contributed by atoms with Gasteiger partial charge < -0.3 is 0 Å². The van der Waals surface area contributed by atoms with E-state index in [2.05, 4.69) is 199 Å². The fraction of sp³-hybridized carbons (Fsp3) is 0.0800. The second kappa shape index (κ2) is 11.0. The van der Waals surface area contributed by atoms with E-state index in [9.17, 15) is 0 Å². The lowest BCUT2D eigenvalue weighted by molar-refractivity contribution is -0.740. The predicted molar refractivity (Wildman–Crippen MR) is 216 cm³/mol. The molecule has 0 N–H and O–H groups in total. The van der Waals surface area contributed by atoms with Crippen LogP contribution in [0.4, 0.5) is 0 Å². The van der Waals surface area contributed by atoms with Crippen molar-refractivity contribution in [1.29, 1.82) is 0 Å². The van der Waals surface area contributed by atoms with Gasteiger partial charge >= 0.3 is 5.66 Å². The van der Waals surface area contributed by atoms with Crippen molar-refractivity contribution in [2.45, 2.75) is 24.9 Å². The molecule has 53 heavy (non-hydrogen) atoms. The summed E-state index contributed by atoms with van der Waals surface area (Å²) in [5.41, 5.74) is 16.3. The zero-order valence-corrected chi connectivity index (χ0v) is 29.7. The summed E-state index contributed by atoms with van der Waals surface area (Å²) < 4.78 is 5.02. The van der Waals surface area contributed by atoms with E-state index in [1.807, 2.05) is 6.20 Å². The van der Waals surface area contributed by atoms with Crippen LogP contribution in [-0.4, -0.2) is 9.55 Å². The van der Waals surface area contributed by atoms with Crippen LogP contribution in [0.5, 0.6) is 0 Å². The summed E-state index contributed by atoms with van der Waals surface area (Å²) in [6, 6.07) is 62.3. The molecule has 0 unspecified atom stereocenters. The predicted octanol–water partition coefficient (Wildman–Crippen LogP) is 11.4. The molecule has 0 spiro atoms. The lowest BCUT2D eigenvalue weighted by Gasteiger charge is -2.36. The molecule has 11 rings (SSSR count). The zero-order valence-electron chi connectivity index (χ0n) is 29.7. The summed E-state index contributed by atoms with van der Waals surface area (Å²) in [5.74, 6) is 0. The Bertz CT molecular complexity index is 2860. The fourth-order valence-electron chi connectivity index (χ4n) is 9.58. The minimum atomic E-state index is -0.735. The van der Waals surface area contributed by atoms with Crippen molar-refractivity contribution in [1.82, 2.24) is 9.55 Å². The van der Waals surface area contributed by atoms with Gasteiger partial charge in [-0.1, -0.05) is 129 Å². The monoisotopic (exact) mass is 678 g/mol. The molecular weight excluding hydrogens is 643 g/mol. The normalized spacial score (nSPS) is 14.5. The van der Waals surface area contributed by atoms with Gasteiger partial charge in [-0.05, 0) is 87.0 Å². The van der Waals surface area contributed by atoms with Crippen molar-refractivity contribution >= 4 is 21.8 Å². The smallest absolute Gasteiger partial charge is 0.269 e. The molecule has 4 heterocycles. The maximum atomic E-state index is 5.19. The number of rotatable bonds is 4. The van der Waals surface area contributed by atoms with E-state index in [0.29, 0.717) is 0 Å². The minimum absolute atomic E-state index is 0.0615. The summed E-state index contributed by atoms with van der Waals surface area (Å²) in [6.45, 7) is 4.71. The number of benzene rings is 6. The number of hydrogen-bond donors (Lipinski definition) is 0. The third-order valence-corrected chi connectivity index (χ3v) is 11.9. The number of hydrogen-bond acceptors (Lipinski definition) is 1. The molecule has 0 saturated carbocycles. The summed E-state index contributed by atoms with van der Waals surface area (Å²) in [4.78, 5) is 5.19. The van der Waals surface area contributed by atoms with Gasteiger partial charge in [-0.25, -0.2) is 4.98 Å². The van der Waals surface area contributed by atoms with Crippen LogP contribution in [0.3, 0.4) is 0 Å². The van der Waals surface area contributed by atoms with E-state index in [1.54, 1.807) is 0 Å². The van der Waals surface area contributed by atoms with E-state index >= 15 is 0 Å². The third-order valence-electron chi connectivity index (χ3n) is 11.9. The number of aromatic nitrogens is 3. The molecule has 3 nitrogen and oxygen atoms in total. The molecule has 6 aromatic carbocycles. The summed E-state index contributed by atoms with van der Waals surface area (Å²) >= 11 is 0. The van der Waals surface area contributed by atoms with Gasteiger partial charge in [-0.2, -0.15) is 4.57 Å². The number of pyridine rings is 2. The highest BCUT2D eigenvalue weighted by molar-refractivity contribution is 6.13. The minimum Gasteiger partial charge on any atom is -0.269 e. The molecule has 1 aliphatic heterocycles. The largest absolute Gasteiger partial charge is 0.301 e. The Balaban J connectivity index is 1.26. The molecule has 3 aromatic heterocycles. The topological polar surface area (TPSA) is 21.7 Å². The van der Waals surface area contributed by atoms with Crippen molar-refractivity contribution in [3.63, 3.8) is 0 Å². The average molecular weight is 679 g/mol. The van der Waals surface area contributed by atoms with Crippen molar-refractivity contribution in [2.24, 2.45) is 0 Å². The summed E-state index contributed by atoms with van der Waals surface area (Å²) in [7, 11) is 0. The van der Waals surface area contributed by atoms with Crippen molar-refractivity contribution in [3.05, 3.63) is 205 Å². The summed E-state index contributed by atoms with van der Waals surface area (Å²) in [6.07, 6.45) is 4.26. The van der Waals surface area contributed by atoms with Gasteiger partial charge in [0.15, 0.2) is 11.9 Å². The quantitative estimate of drug-likeness (QED) is 0.170. The first-order valence-corrected chi connectivity index (χ1v) is 18.5. The third kappa shape index (κ3) is 3.99. The van der Waals surface area contributed by atoms with Crippen molar-refractivity contribution in [3.8, 4) is 44.8 Å². The van der Waals surface area contributed by atoms with E-state index in [1.165, 1.54) is 71.9 Å². The summed E-state index contributed by atoms with van der Waals surface area (Å²) in [5, 5.41) is 2.42. The van der Waals surface area contributed by atoms with Gasteiger partial charge in [-0.15, -0.1) is 0 Å². The highest BCUT2D eigenvalue weighted by atomic mass is 15.3. The molecule has 9 aromatic rings. The van der Waals surface area contributed by atoms with Crippen LogP contribution in [0, 0.1) is 0 Å². The first kappa shape index (κ1) is 30.1. The molecular formula is C50H36N3+. The lowest BCUT2D eigenvalue weighted by Crippen LogP contribution is -2.64. The Kier molecular flexibility index (Phi) is 6.22. The number of nitrogens with zero attached hydrogens (tertiary/aromatic N) is 3. The van der Waals surface area contributed by atoms with Crippen LogP contribution in [0.2, 0.25) is 0 Å².